The summed E-state index contributed by atoms with van der Waals surface area (Å²) in [6.45, 7) is 0. The number of amides is 3. The van der Waals surface area contributed by atoms with Crippen molar-refractivity contribution in [2.24, 2.45) is 23.7 Å². The van der Waals surface area contributed by atoms with Gasteiger partial charge in [-0.3, -0.25) is 19.3 Å². The Morgan fingerprint density at radius 2 is 1.52 bits per heavy atom. The minimum Gasteiger partial charge on any atom is -0.324 e. The van der Waals surface area contributed by atoms with Gasteiger partial charge in [-0.15, -0.1) is 0 Å². The Hall–Kier alpha value is -2.73. The molecular formula is C25H23BrN2O3. The third-order valence-electron chi connectivity index (χ3n) is 6.79. The van der Waals surface area contributed by atoms with Crippen LogP contribution in [0.15, 0.2) is 71.2 Å². The highest BCUT2D eigenvalue weighted by atomic mass is 79.9. The van der Waals surface area contributed by atoms with Crippen molar-refractivity contribution in [1.29, 1.82) is 0 Å². The summed E-state index contributed by atoms with van der Waals surface area (Å²) in [7, 11) is 0. The fourth-order valence-electron chi connectivity index (χ4n) is 5.30. The van der Waals surface area contributed by atoms with Gasteiger partial charge in [0.25, 0.3) is 0 Å². The van der Waals surface area contributed by atoms with Gasteiger partial charge in [0.1, 0.15) is 6.04 Å². The summed E-state index contributed by atoms with van der Waals surface area (Å²) in [6, 6.07) is 15.9. The Morgan fingerprint density at radius 1 is 0.935 bits per heavy atom. The van der Waals surface area contributed by atoms with Crippen molar-refractivity contribution in [2.45, 2.75) is 25.3 Å². The van der Waals surface area contributed by atoms with Crippen LogP contribution in [0.4, 0.5) is 5.69 Å². The van der Waals surface area contributed by atoms with E-state index in [-0.39, 0.29) is 41.4 Å². The number of rotatable bonds is 5. The molecule has 0 radical (unpaired) electrons. The van der Waals surface area contributed by atoms with Crippen LogP contribution < -0.4 is 5.32 Å². The first-order valence-electron chi connectivity index (χ1n) is 10.7. The van der Waals surface area contributed by atoms with Crippen molar-refractivity contribution in [3.63, 3.8) is 0 Å². The average Bonchev–Trinajstić information content (AvgIpc) is 3.07. The molecule has 4 aliphatic rings. The van der Waals surface area contributed by atoms with Crippen molar-refractivity contribution in [1.82, 2.24) is 4.90 Å². The number of carbonyl (C=O) groups is 3. The minimum atomic E-state index is -0.879. The van der Waals surface area contributed by atoms with E-state index in [4.69, 9.17) is 0 Å². The lowest BCUT2D eigenvalue weighted by Crippen LogP contribution is -2.49. The fraction of sp³-hybridized carbons (Fsp3) is 0.320. The third-order valence-corrected chi connectivity index (χ3v) is 7.32. The van der Waals surface area contributed by atoms with E-state index in [2.05, 4.69) is 33.4 Å². The maximum absolute atomic E-state index is 13.5. The zero-order valence-corrected chi connectivity index (χ0v) is 18.5. The van der Waals surface area contributed by atoms with Crippen molar-refractivity contribution in [3.05, 3.63) is 76.8 Å². The second-order valence-corrected chi connectivity index (χ2v) is 9.51. The highest BCUT2D eigenvalue weighted by Gasteiger charge is 2.58. The highest BCUT2D eigenvalue weighted by molar-refractivity contribution is 9.10. The maximum atomic E-state index is 13.5. The van der Waals surface area contributed by atoms with Crippen molar-refractivity contribution in [2.75, 3.05) is 5.32 Å². The van der Waals surface area contributed by atoms with Crippen LogP contribution in [-0.4, -0.2) is 28.7 Å². The first-order valence-corrected chi connectivity index (χ1v) is 11.5. The molecule has 2 bridgehead atoms. The zero-order valence-electron chi connectivity index (χ0n) is 16.9. The van der Waals surface area contributed by atoms with Gasteiger partial charge in [0.05, 0.1) is 11.8 Å². The van der Waals surface area contributed by atoms with E-state index in [1.165, 1.54) is 4.90 Å². The van der Waals surface area contributed by atoms with Gasteiger partial charge in [-0.05, 0) is 54.5 Å². The number of nitrogens with one attached hydrogen (secondary N) is 1. The van der Waals surface area contributed by atoms with E-state index in [1.54, 1.807) is 12.1 Å². The van der Waals surface area contributed by atoms with Crippen molar-refractivity contribution in [3.8, 4) is 0 Å². The predicted octanol–water partition coefficient (Wildman–Crippen LogP) is 4.20. The Bertz CT molecular complexity index is 1020. The molecule has 2 fully saturated rings. The number of benzene rings is 2. The lowest BCUT2D eigenvalue weighted by molar-refractivity contribution is -0.146. The second kappa shape index (κ2) is 8.08. The Morgan fingerprint density at radius 3 is 2.06 bits per heavy atom. The topological polar surface area (TPSA) is 66.5 Å². The monoisotopic (exact) mass is 478 g/mol. The molecule has 0 spiro atoms. The number of imide groups is 1. The van der Waals surface area contributed by atoms with Crippen LogP contribution in [0.1, 0.15) is 18.4 Å². The number of anilines is 1. The quantitative estimate of drug-likeness (QED) is 0.517. The molecule has 31 heavy (non-hydrogen) atoms. The maximum Gasteiger partial charge on any atom is 0.248 e. The Labute approximate surface area is 189 Å². The van der Waals surface area contributed by atoms with Gasteiger partial charge in [-0.25, -0.2) is 0 Å². The van der Waals surface area contributed by atoms with Crippen LogP contribution >= 0.6 is 15.9 Å². The number of fused-ring (bicyclic) bond motifs is 1. The average molecular weight is 479 g/mol. The largest absolute Gasteiger partial charge is 0.324 e. The number of likely N-dealkylation sites (tertiary alicyclic amines) is 1. The SMILES string of the molecule is O=C(Nc1ccc(Br)cc1)[C@H](Cc1ccccc1)N1C(=O)[C@@H]2[C@@H](C1=O)[C@H]1C=C[C@H]2CC1. The molecule has 158 valence electrons. The molecule has 3 aliphatic carbocycles. The molecule has 5 atom stereocenters. The van der Waals surface area contributed by atoms with E-state index >= 15 is 0 Å². The van der Waals surface area contributed by atoms with Crippen LogP contribution in [0.2, 0.25) is 0 Å². The number of allylic oxidation sites excluding steroid dienone is 2. The first-order chi connectivity index (χ1) is 15.0. The normalized spacial score (nSPS) is 27.3. The molecule has 1 N–H and O–H groups in total. The van der Waals surface area contributed by atoms with E-state index in [0.29, 0.717) is 12.1 Å². The van der Waals surface area contributed by atoms with Crippen LogP contribution in [0, 0.1) is 23.7 Å². The molecule has 1 saturated carbocycles. The van der Waals surface area contributed by atoms with Crippen LogP contribution in [0.5, 0.6) is 0 Å². The lowest BCUT2D eigenvalue weighted by Gasteiger charge is -2.38. The fourth-order valence-corrected chi connectivity index (χ4v) is 5.57. The number of hydrogen-bond acceptors (Lipinski definition) is 3. The molecule has 1 heterocycles. The molecule has 0 unspecified atom stereocenters. The van der Waals surface area contributed by atoms with E-state index < -0.39 is 6.04 Å². The van der Waals surface area contributed by atoms with E-state index in [9.17, 15) is 14.4 Å². The van der Waals surface area contributed by atoms with Crippen molar-refractivity contribution >= 4 is 39.3 Å². The summed E-state index contributed by atoms with van der Waals surface area (Å²) in [5, 5.41) is 2.91. The summed E-state index contributed by atoms with van der Waals surface area (Å²) in [6.07, 6.45) is 6.35. The van der Waals surface area contributed by atoms with Gasteiger partial charge in [0.2, 0.25) is 17.7 Å². The molecule has 3 amide bonds. The van der Waals surface area contributed by atoms with Crippen LogP contribution in [0.25, 0.3) is 0 Å². The third kappa shape index (κ3) is 3.63. The number of hydrogen-bond donors (Lipinski definition) is 1. The molecule has 1 saturated heterocycles. The number of carbonyl (C=O) groups excluding carboxylic acids is 3. The first kappa shape index (κ1) is 20.2. The van der Waals surface area contributed by atoms with Gasteiger partial charge in [0, 0.05) is 16.6 Å². The van der Waals surface area contributed by atoms with E-state index in [1.807, 2.05) is 42.5 Å². The number of halogens is 1. The second-order valence-electron chi connectivity index (χ2n) is 8.59. The molecular weight excluding hydrogens is 456 g/mol. The lowest BCUT2D eigenvalue weighted by atomic mass is 9.63. The summed E-state index contributed by atoms with van der Waals surface area (Å²) in [5.41, 5.74) is 1.54. The predicted molar refractivity (Wildman–Crippen MR) is 121 cm³/mol. The van der Waals surface area contributed by atoms with Gasteiger partial charge < -0.3 is 5.32 Å². The molecule has 6 heteroatoms. The summed E-state index contributed by atoms with van der Waals surface area (Å²) < 4.78 is 0.906. The Kier molecular flexibility index (Phi) is 5.26. The Balaban J connectivity index is 1.46. The van der Waals surface area contributed by atoms with Crippen LogP contribution in [0.3, 0.4) is 0 Å². The smallest absolute Gasteiger partial charge is 0.248 e. The van der Waals surface area contributed by atoms with Gasteiger partial charge >= 0.3 is 0 Å². The zero-order chi connectivity index (χ0) is 21.5. The van der Waals surface area contributed by atoms with Gasteiger partial charge in [-0.1, -0.05) is 58.4 Å². The van der Waals surface area contributed by atoms with Gasteiger partial charge in [-0.2, -0.15) is 0 Å². The van der Waals surface area contributed by atoms with Gasteiger partial charge in [0.15, 0.2) is 0 Å². The molecule has 0 aromatic heterocycles. The van der Waals surface area contributed by atoms with E-state index in [0.717, 1.165) is 22.9 Å². The molecule has 6 rings (SSSR count). The molecule has 2 aromatic carbocycles. The summed E-state index contributed by atoms with van der Waals surface area (Å²) in [5.74, 6) is -1.18. The molecule has 1 aliphatic heterocycles. The molecule has 5 nitrogen and oxygen atoms in total. The highest BCUT2D eigenvalue weighted by Crippen LogP contribution is 2.50. The standard InChI is InChI=1S/C25H23BrN2O3/c26-18-10-12-19(13-11-18)27-23(29)20(14-15-4-2-1-3-5-15)28-24(30)21-16-6-7-17(9-8-16)22(21)25(28)31/h1-7,10-13,16-17,20-22H,8-9,14H2,(H,27,29)/t16-,17-,20-,21-,22-/m0/s1. The molecule has 2 aromatic rings. The van der Waals surface area contributed by atoms with Crippen molar-refractivity contribution < 1.29 is 14.4 Å². The minimum absolute atomic E-state index is 0.100. The summed E-state index contributed by atoms with van der Waals surface area (Å²) in [4.78, 5) is 41.6. The summed E-state index contributed by atoms with van der Waals surface area (Å²) >= 11 is 3.39. The number of nitrogens with zero attached hydrogens (tertiary/aromatic N) is 1. The van der Waals surface area contributed by atoms with Crippen LogP contribution in [-0.2, 0) is 20.8 Å².